The summed E-state index contributed by atoms with van der Waals surface area (Å²) in [5, 5.41) is 5.93. The molecule has 22 heavy (non-hydrogen) atoms. The fourth-order valence-corrected chi connectivity index (χ4v) is 2.63. The predicted octanol–water partition coefficient (Wildman–Crippen LogP) is -0.663. The van der Waals surface area contributed by atoms with Gasteiger partial charge in [0, 0.05) is 39.3 Å². The number of guanidine groups is 1. The zero-order chi connectivity index (χ0) is 16.8. The van der Waals surface area contributed by atoms with Crippen LogP contribution in [-0.2, 0) is 10.0 Å². The Kier molecular flexibility index (Phi) is 6.88. The molecule has 0 aromatic heterocycles. The second-order valence-corrected chi connectivity index (χ2v) is 6.98. The van der Waals surface area contributed by atoms with Gasteiger partial charge in [-0.3, -0.25) is 9.89 Å². The summed E-state index contributed by atoms with van der Waals surface area (Å²) in [5.41, 5.74) is 0. The zero-order valence-corrected chi connectivity index (χ0v) is 13.4. The van der Waals surface area contributed by atoms with Crippen LogP contribution in [0.15, 0.2) is 4.99 Å². The summed E-state index contributed by atoms with van der Waals surface area (Å²) in [6, 6.07) is -0.114. The van der Waals surface area contributed by atoms with Crippen LogP contribution in [0.4, 0.5) is 13.2 Å². The highest BCUT2D eigenvalue weighted by molar-refractivity contribution is 7.88. The molecule has 0 spiro atoms. The molecular formula is C11H22F3N5O2S. The Morgan fingerprint density at radius 3 is 2.59 bits per heavy atom. The first-order valence-electron chi connectivity index (χ1n) is 6.80. The van der Waals surface area contributed by atoms with E-state index in [0.29, 0.717) is 32.0 Å². The molecule has 7 nitrogen and oxygen atoms in total. The Labute approximate surface area is 128 Å². The number of sulfonamides is 1. The van der Waals surface area contributed by atoms with Crippen LogP contribution < -0.4 is 15.4 Å². The highest BCUT2D eigenvalue weighted by atomic mass is 32.2. The zero-order valence-electron chi connectivity index (χ0n) is 12.6. The normalized spacial score (nSPS) is 21.1. The molecule has 0 saturated carbocycles. The van der Waals surface area contributed by atoms with Crippen molar-refractivity contribution >= 4 is 16.0 Å². The fraction of sp³-hybridized carbons (Fsp3) is 0.909. The summed E-state index contributed by atoms with van der Waals surface area (Å²) in [5.74, 6) is 0.439. The molecule has 1 heterocycles. The van der Waals surface area contributed by atoms with E-state index in [1.54, 1.807) is 7.05 Å². The maximum absolute atomic E-state index is 12.3. The van der Waals surface area contributed by atoms with Crippen LogP contribution in [0.5, 0.6) is 0 Å². The number of nitrogens with one attached hydrogen (secondary N) is 3. The molecule has 0 aromatic carbocycles. The SMILES string of the molecule is CN=C(NCCNS(C)(=O)=O)NC1CCN(CC(F)(F)F)C1. The second kappa shape index (κ2) is 7.97. The Balaban J connectivity index is 2.30. The molecule has 1 saturated heterocycles. The molecule has 130 valence electrons. The van der Waals surface area contributed by atoms with Gasteiger partial charge in [0.25, 0.3) is 0 Å². The van der Waals surface area contributed by atoms with Crippen molar-refractivity contribution in [3.8, 4) is 0 Å². The van der Waals surface area contributed by atoms with Crippen molar-refractivity contribution in [1.29, 1.82) is 0 Å². The standard InChI is InChI=1S/C11H22F3N5O2S/c1-15-10(16-4-5-17-22(2,20)21)18-9-3-6-19(7-9)8-11(12,13)14/h9,17H,3-8H2,1-2H3,(H2,15,16,18). The molecule has 0 bridgehead atoms. The number of hydrogen-bond donors (Lipinski definition) is 3. The van der Waals surface area contributed by atoms with Crippen molar-refractivity contribution in [2.75, 3.05) is 46.0 Å². The number of likely N-dealkylation sites (tertiary alicyclic amines) is 1. The van der Waals surface area contributed by atoms with E-state index in [1.165, 1.54) is 4.90 Å². The van der Waals surface area contributed by atoms with Gasteiger partial charge < -0.3 is 10.6 Å². The van der Waals surface area contributed by atoms with Gasteiger partial charge in [-0.25, -0.2) is 13.1 Å². The quantitative estimate of drug-likeness (QED) is 0.338. The van der Waals surface area contributed by atoms with Crippen molar-refractivity contribution in [3.05, 3.63) is 0 Å². The Hall–Kier alpha value is -1.07. The number of rotatable bonds is 6. The fourth-order valence-electron chi connectivity index (χ4n) is 2.15. The summed E-state index contributed by atoms with van der Waals surface area (Å²) in [7, 11) is -1.70. The lowest BCUT2D eigenvalue weighted by molar-refractivity contribution is -0.143. The van der Waals surface area contributed by atoms with Crippen molar-refractivity contribution < 1.29 is 21.6 Å². The topological polar surface area (TPSA) is 85.8 Å². The molecule has 3 N–H and O–H groups in total. The Bertz CT molecular complexity index is 481. The van der Waals surface area contributed by atoms with Crippen molar-refractivity contribution in [1.82, 2.24) is 20.3 Å². The average molecular weight is 345 g/mol. The maximum atomic E-state index is 12.3. The van der Waals surface area contributed by atoms with E-state index in [4.69, 9.17) is 0 Å². The smallest absolute Gasteiger partial charge is 0.355 e. The summed E-state index contributed by atoms with van der Waals surface area (Å²) < 4.78 is 61.0. The van der Waals surface area contributed by atoms with Crippen LogP contribution in [0.25, 0.3) is 0 Å². The molecule has 0 radical (unpaired) electrons. The van der Waals surface area contributed by atoms with Crippen LogP contribution in [0.2, 0.25) is 0 Å². The molecular weight excluding hydrogens is 323 g/mol. The molecule has 1 fully saturated rings. The summed E-state index contributed by atoms with van der Waals surface area (Å²) >= 11 is 0. The third kappa shape index (κ3) is 8.39. The molecule has 11 heteroatoms. The van der Waals surface area contributed by atoms with Gasteiger partial charge in [0.15, 0.2) is 5.96 Å². The third-order valence-electron chi connectivity index (χ3n) is 3.02. The number of nitrogens with zero attached hydrogens (tertiary/aromatic N) is 2. The van der Waals surface area contributed by atoms with Crippen molar-refractivity contribution in [2.45, 2.75) is 18.6 Å². The largest absolute Gasteiger partial charge is 0.401 e. The van der Waals surface area contributed by atoms with Gasteiger partial charge in [0.05, 0.1) is 12.8 Å². The lowest BCUT2D eigenvalue weighted by Crippen LogP contribution is -2.46. The van der Waals surface area contributed by atoms with Gasteiger partial charge in [0.2, 0.25) is 10.0 Å². The van der Waals surface area contributed by atoms with Crippen LogP contribution in [0.1, 0.15) is 6.42 Å². The number of halogens is 3. The molecule has 1 aliphatic heterocycles. The average Bonchev–Trinajstić information content (AvgIpc) is 2.76. The van der Waals surface area contributed by atoms with Crippen molar-refractivity contribution in [2.24, 2.45) is 4.99 Å². The first-order valence-corrected chi connectivity index (χ1v) is 8.69. The summed E-state index contributed by atoms with van der Waals surface area (Å²) in [4.78, 5) is 5.31. The van der Waals surface area contributed by atoms with Crippen LogP contribution >= 0.6 is 0 Å². The van der Waals surface area contributed by atoms with Gasteiger partial charge in [-0.05, 0) is 6.42 Å². The van der Waals surface area contributed by atoms with E-state index in [0.717, 1.165) is 6.26 Å². The van der Waals surface area contributed by atoms with E-state index in [-0.39, 0.29) is 12.6 Å². The van der Waals surface area contributed by atoms with E-state index >= 15 is 0 Å². The minimum Gasteiger partial charge on any atom is -0.355 e. The van der Waals surface area contributed by atoms with Gasteiger partial charge in [-0.1, -0.05) is 0 Å². The maximum Gasteiger partial charge on any atom is 0.401 e. The lowest BCUT2D eigenvalue weighted by atomic mass is 10.3. The van der Waals surface area contributed by atoms with E-state index in [9.17, 15) is 21.6 Å². The molecule has 1 aliphatic rings. The van der Waals surface area contributed by atoms with E-state index < -0.39 is 22.7 Å². The van der Waals surface area contributed by atoms with E-state index in [1.807, 2.05) is 0 Å². The molecule has 1 unspecified atom stereocenters. The van der Waals surface area contributed by atoms with Crippen LogP contribution in [0, 0.1) is 0 Å². The van der Waals surface area contributed by atoms with Gasteiger partial charge >= 0.3 is 6.18 Å². The van der Waals surface area contributed by atoms with Gasteiger partial charge in [0.1, 0.15) is 0 Å². The van der Waals surface area contributed by atoms with Crippen molar-refractivity contribution in [3.63, 3.8) is 0 Å². The highest BCUT2D eigenvalue weighted by Gasteiger charge is 2.34. The Morgan fingerprint density at radius 1 is 1.36 bits per heavy atom. The van der Waals surface area contributed by atoms with Gasteiger partial charge in [-0.15, -0.1) is 0 Å². The predicted molar refractivity (Wildman–Crippen MR) is 78.2 cm³/mol. The molecule has 1 rings (SSSR count). The Morgan fingerprint density at radius 2 is 2.05 bits per heavy atom. The second-order valence-electron chi connectivity index (χ2n) is 5.15. The third-order valence-corrected chi connectivity index (χ3v) is 3.75. The number of alkyl halides is 3. The number of hydrogen-bond acceptors (Lipinski definition) is 4. The highest BCUT2D eigenvalue weighted by Crippen LogP contribution is 2.19. The first-order chi connectivity index (χ1) is 10.1. The first kappa shape index (κ1) is 19.0. The van der Waals surface area contributed by atoms with Gasteiger partial charge in [-0.2, -0.15) is 13.2 Å². The monoisotopic (exact) mass is 345 g/mol. The minimum absolute atomic E-state index is 0.114. The van der Waals surface area contributed by atoms with Crippen LogP contribution in [0.3, 0.4) is 0 Å². The molecule has 0 aliphatic carbocycles. The van der Waals surface area contributed by atoms with E-state index in [2.05, 4.69) is 20.3 Å². The number of aliphatic imine (C=N–C) groups is 1. The molecule has 0 aromatic rings. The molecule has 0 amide bonds. The van der Waals surface area contributed by atoms with Crippen LogP contribution in [-0.4, -0.2) is 77.5 Å². The minimum atomic E-state index is -4.19. The summed E-state index contributed by atoms with van der Waals surface area (Å²) in [6.45, 7) is 0.289. The lowest BCUT2D eigenvalue weighted by Gasteiger charge is -2.19. The molecule has 1 atom stereocenters. The summed E-state index contributed by atoms with van der Waals surface area (Å²) in [6.07, 6.45) is -2.53.